The largest absolute Gasteiger partial charge is 0.314 e. The third kappa shape index (κ3) is 3.01. The lowest BCUT2D eigenvalue weighted by atomic mass is 10.1. The maximum atomic E-state index is 13.7. The van der Waals surface area contributed by atoms with Crippen LogP contribution >= 0.6 is 0 Å². The second kappa shape index (κ2) is 5.56. The Hall–Kier alpha value is -1.00. The van der Waals surface area contributed by atoms with Gasteiger partial charge in [0, 0.05) is 38.3 Å². The SMILES string of the molecule is Cc1c(F)ccc(CCN2CCNCC2)c1F. The Labute approximate surface area is 101 Å². The van der Waals surface area contributed by atoms with Crippen molar-refractivity contribution in [3.05, 3.63) is 34.9 Å². The number of benzene rings is 1. The van der Waals surface area contributed by atoms with E-state index in [9.17, 15) is 8.78 Å². The van der Waals surface area contributed by atoms with Crippen molar-refractivity contribution >= 4 is 0 Å². The van der Waals surface area contributed by atoms with E-state index in [1.54, 1.807) is 6.07 Å². The molecule has 0 amide bonds. The van der Waals surface area contributed by atoms with Crippen molar-refractivity contribution in [1.82, 2.24) is 10.2 Å². The van der Waals surface area contributed by atoms with Crippen molar-refractivity contribution in [2.24, 2.45) is 0 Å². The highest BCUT2D eigenvalue weighted by Gasteiger charge is 2.13. The van der Waals surface area contributed by atoms with Crippen LogP contribution in [0.5, 0.6) is 0 Å². The number of hydrogen-bond donors (Lipinski definition) is 1. The molecule has 1 aliphatic rings. The number of halogens is 2. The molecule has 0 radical (unpaired) electrons. The predicted octanol–water partition coefficient (Wildman–Crippen LogP) is 1.72. The van der Waals surface area contributed by atoms with Gasteiger partial charge in [0.2, 0.25) is 0 Å². The normalized spacial score (nSPS) is 17.4. The fourth-order valence-electron chi connectivity index (χ4n) is 2.12. The van der Waals surface area contributed by atoms with Gasteiger partial charge in [-0.3, -0.25) is 0 Å². The number of nitrogens with zero attached hydrogens (tertiary/aromatic N) is 1. The molecule has 4 heteroatoms. The zero-order valence-corrected chi connectivity index (χ0v) is 10.1. The van der Waals surface area contributed by atoms with E-state index >= 15 is 0 Å². The van der Waals surface area contributed by atoms with Gasteiger partial charge in [0.1, 0.15) is 11.6 Å². The first-order valence-corrected chi connectivity index (χ1v) is 6.05. The van der Waals surface area contributed by atoms with Gasteiger partial charge in [0.25, 0.3) is 0 Å². The topological polar surface area (TPSA) is 15.3 Å². The van der Waals surface area contributed by atoms with Crippen LogP contribution in [0.1, 0.15) is 11.1 Å². The molecule has 2 nitrogen and oxygen atoms in total. The van der Waals surface area contributed by atoms with Gasteiger partial charge in [0.05, 0.1) is 0 Å². The molecule has 94 valence electrons. The lowest BCUT2D eigenvalue weighted by Gasteiger charge is -2.27. The Kier molecular flexibility index (Phi) is 4.07. The molecule has 0 saturated carbocycles. The summed E-state index contributed by atoms with van der Waals surface area (Å²) in [5, 5.41) is 3.28. The predicted molar refractivity (Wildman–Crippen MR) is 64.1 cm³/mol. The summed E-state index contributed by atoms with van der Waals surface area (Å²) in [5.41, 5.74) is 0.741. The smallest absolute Gasteiger partial charge is 0.132 e. The minimum Gasteiger partial charge on any atom is -0.314 e. The van der Waals surface area contributed by atoms with Crippen molar-refractivity contribution < 1.29 is 8.78 Å². The fourth-order valence-corrected chi connectivity index (χ4v) is 2.12. The van der Waals surface area contributed by atoms with Crippen LogP contribution in [0, 0.1) is 18.6 Å². The highest BCUT2D eigenvalue weighted by atomic mass is 19.1. The van der Waals surface area contributed by atoms with E-state index in [0.29, 0.717) is 12.0 Å². The summed E-state index contributed by atoms with van der Waals surface area (Å²) in [4.78, 5) is 2.30. The third-order valence-electron chi connectivity index (χ3n) is 3.31. The molecule has 1 heterocycles. The van der Waals surface area contributed by atoms with E-state index in [0.717, 1.165) is 32.7 Å². The van der Waals surface area contributed by atoms with Gasteiger partial charge in [-0.1, -0.05) is 6.07 Å². The molecule has 0 aliphatic carbocycles. The molecule has 1 saturated heterocycles. The zero-order chi connectivity index (χ0) is 12.3. The summed E-state index contributed by atoms with van der Waals surface area (Å²) in [5.74, 6) is -0.853. The van der Waals surface area contributed by atoms with Crippen molar-refractivity contribution in [2.45, 2.75) is 13.3 Å². The van der Waals surface area contributed by atoms with Crippen molar-refractivity contribution in [3.8, 4) is 0 Å². The van der Waals surface area contributed by atoms with E-state index in [1.807, 2.05) is 0 Å². The molecule has 0 aromatic heterocycles. The summed E-state index contributed by atoms with van der Waals surface area (Å²) in [6, 6.07) is 2.91. The second-order valence-corrected chi connectivity index (χ2v) is 4.49. The quantitative estimate of drug-likeness (QED) is 0.865. The summed E-state index contributed by atoms with van der Waals surface area (Å²) >= 11 is 0. The molecule has 1 aromatic rings. The van der Waals surface area contributed by atoms with Gasteiger partial charge < -0.3 is 10.2 Å². The molecule has 17 heavy (non-hydrogen) atoms. The van der Waals surface area contributed by atoms with Crippen LogP contribution in [-0.4, -0.2) is 37.6 Å². The van der Waals surface area contributed by atoms with Crippen LogP contribution in [0.15, 0.2) is 12.1 Å². The number of rotatable bonds is 3. The van der Waals surface area contributed by atoms with Crippen molar-refractivity contribution in [1.29, 1.82) is 0 Å². The number of hydrogen-bond acceptors (Lipinski definition) is 2. The maximum Gasteiger partial charge on any atom is 0.132 e. The first-order valence-electron chi connectivity index (χ1n) is 6.05. The molecular formula is C13H18F2N2. The molecule has 1 aromatic carbocycles. The standard InChI is InChI=1S/C13H18F2N2/c1-10-12(14)3-2-11(13(10)15)4-7-17-8-5-16-6-9-17/h2-3,16H,4-9H2,1H3. The molecule has 0 unspecified atom stereocenters. The highest BCUT2D eigenvalue weighted by molar-refractivity contribution is 5.26. The Bertz CT molecular complexity index is 387. The minimum absolute atomic E-state index is 0.128. The third-order valence-corrected chi connectivity index (χ3v) is 3.31. The average molecular weight is 240 g/mol. The van der Waals surface area contributed by atoms with Crippen LogP contribution in [0.25, 0.3) is 0 Å². The van der Waals surface area contributed by atoms with E-state index in [-0.39, 0.29) is 11.4 Å². The molecule has 1 aliphatic heterocycles. The minimum atomic E-state index is -0.464. The summed E-state index contributed by atoms with van der Waals surface area (Å²) in [6.45, 7) is 6.31. The second-order valence-electron chi connectivity index (χ2n) is 4.49. The van der Waals surface area contributed by atoms with Crippen LogP contribution in [-0.2, 0) is 6.42 Å². The van der Waals surface area contributed by atoms with Crippen LogP contribution in [0.2, 0.25) is 0 Å². The zero-order valence-electron chi connectivity index (χ0n) is 10.1. The molecule has 2 rings (SSSR count). The Morgan fingerprint density at radius 2 is 1.94 bits per heavy atom. The van der Waals surface area contributed by atoms with Crippen molar-refractivity contribution in [3.63, 3.8) is 0 Å². The van der Waals surface area contributed by atoms with Gasteiger partial charge in [0.15, 0.2) is 0 Å². The fraction of sp³-hybridized carbons (Fsp3) is 0.538. The van der Waals surface area contributed by atoms with E-state index in [4.69, 9.17) is 0 Å². The average Bonchev–Trinajstić information content (AvgIpc) is 2.36. The summed E-state index contributed by atoms with van der Waals surface area (Å²) < 4.78 is 26.8. The van der Waals surface area contributed by atoms with Gasteiger partial charge in [-0.2, -0.15) is 0 Å². The van der Waals surface area contributed by atoms with Gasteiger partial charge in [-0.05, 0) is 25.0 Å². The summed E-state index contributed by atoms with van der Waals surface area (Å²) in [7, 11) is 0. The van der Waals surface area contributed by atoms with Gasteiger partial charge >= 0.3 is 0 Å². The van der Waals surface area contributed by atoms with E-state index < -0.39 is 5.82 Å². The van der Waals surface area contributed by atoms with Crippen molar-refractivity contribution in [2.75, 3.05) is 32.7 Å². The molecule has 0 spiro atoms. The van der Waals surface area contributed by atoms with Crippen LogP contribution < -0.4 is 5.32 Å². The molecular weight excluding hydrogens is 222 g/mol. The Morgan fingerprint density at radius 3 is 2.65 bits per heavy atom. The molecule has 0 bridgehead atoms. The summed E-state index contributed by atoms with van der Waals surface area (Å²) in [6.07, 6.45) is 0.646. The van der Waals surface area contributed by atoms with Gasteiger partial charge in [-0.25, -0.2) is 8.78 Å². The molecule has 0 atom stereocenters. The molecule has 1 fully saturated rings. The highest BCUT2D eigenvalue weighted by Crippen LogP contribution is 2.16. The van der Waals surface area contributed by atoms with E-state index in [2.05, 4.69) is 10.2 Å². The lowest BCUT2D eigenvalue weighted by molar-refractivity contribution is 0.243. The van der Waals surface area contributed by atoms with Crippen LogP contribution in [0.4, 0.5) is 8.78 Å². The number of piperazine rings is 1. The monoisotopic (exact) mass is 240 g/mol. The number of nitrogens with one attached hydrogen (secondary N) is 1. The molecule has 1 N–H and O–H groups in total. The lowest BCUT2D eigenvalue weighted by Crippen LogP contribution is -2.44. The van der Waals surface area contributed by atoms with Gasteiger partial charge in [-0.15, -0.1) is 0 Å². The first kappa shape index (κ1) is 12.5. The maximum absolute atomic E-state index is 13.7. The Balaban J connectivity index is 1.96. The first-order chi connectivity index (χ1) is 8.18. The Morgan fingerprint density at radius 1 is 1.24 bits per heavy atom. The van der Waals surface area contributed by atoms with E-state index in [1.165, 1.54) is 13.0 Å². The van der Waals surface area contributed by atoms with Crippen LogP contribution in [0.3, 0.4) is 0 Å².